The molecular formula is C7H10N4O3. The van der Waals surface area contributed by atoms with E-state index in [0.717, 1.165) is 0 Å². The molecule has 1 aromatic heterocycles. The topological polar surface area (TPSA) is 114 Å². The van der Waals surface area contributed by atoms with Gasteiger partial charge >= 0.3 is 11.2 Å². The van der Waals surface area contributed by atoms with E-state index in [4.69, 9.17) is 10.5 Å². The molecule has 0 amide bonds. The van der Waals surface area contributed by atoms with E-state index in [0.29, 0.717) is 12.8 Å². The van der Waals surface area contributed by atoms with Gasteiger partial charge in [0.2, 0.25) is 0 Å². The molecule has 76 valence electrons. The molecule has 1 fully saturated rings. The summed E-state index contributed by atoms with van der Waals surface area (Å²) in [6, 6.07) is 0.141. The maximum Gasteiger partial charge on any atom is 0.342 e. The number of hydrogen-bond acceptors (Lipinski definition) is 5. The molecule has 1 aromatic rings. The van der Waals surface area contributed by atoms with Crippen LogP contribution in [0, 0.1) is 0 Å². The molecular weight excluding hydrogens is 188 g/mol. The SMILES string of the molecule is NC1CC(Oc2n[nH]c(=O)[nH]c2=O)C1. The van der Waals surface area contributed by atoms with Crippen LogP contribution in [0.1, 0.15) is 12.8 Å². The third-order valence-electron chi connectivity index (χ3n) is 2.09. The van der Waals surface area contributed by atoms with Crippen molar-refractivity contribution in [1.82, 2.24) is 15.2 Å². The van der Waals surface area contributed by atoms with Crippen molar-refractivity contribution in [2.45, 2.75) is 25.0 Å². The average molecular weight is 198 g/mol. The Morgan fingerprint density at radius 1 is 1.43 bits per heavy atom. The number of rotatable bonds is 2. The monoisotopic (exact) mass is 198 g/mol. The quantitative estimate of drug-likeness (QED) is 0.525. The molecule has 7 nitrogen and oxygen atoms in total. The summed E-state index contributed by atoms with van der Waals surface area (Å²) in [5.41, 5.74) is 4.28. The Morgan fingerprint density at radius 2 is 2.14 bits per heavy atom. The third kappa shape index (κ3) is 1.67. The number of nitrogens with zero attached hydrogens (tertiary/aromatic N) is 1. The summed E-state index contributed by atoms with van der Waals surface area (Å²) in [6.07, 6.45) is 1.35. The molecule has 0 atom stereocenters. The number of hydrogen-bond donors (Lipinski definition) is 3. The molecule has 0 unspecified atom stereocenters. The van der Waals surface area contributed by atoms with E-state index in [1.165, 1.54) is 0 Å². The minimum atomic E-state index is -0.646. The second-order valence-electron chi connectivity index (χ2n) is 3.28. The van der Waals surface area contributed by atoms with Crippen LogP contribution in [0.3, 0.4) is 0 Å². The summed E-state index contributed by atoms with van der Waals surface area (Å²) in [7, 11) is 0. The van der Waals surface area contributed by atoms with Crippen LogP contribution in [-0.4, -0.2) is 27.3 Å². The second kappa shape index (κ2) is 3.26. The van der Waals surface area contributed by atoms with Gasteiger partial charge in [-0.1, -0.05) is 0 Å². The first-order valence-corrected chi connectivity index (χ1v) is 4.26. The fourth-order valence-corrected chi connectivity index (χ4v) is 1.28. The zero-order valence-electron chi connectivity index (χ0n) is 7.32. The maximum atomic E-state index is 11.1. The summed E-state index contributed by atoms with van der Waals surface area (Å²) >= 11 is 0. The highest BCUT2D eigenvalue weighted by Gasteiger charge is 2.28. The molecule has 4 N–H and O–H groups in total. The Balaban J connectivity index is 2.10. The van der Waals surface area contributed by atoms with E-state index >= 15 is 0 Å². The summed E-state index contributed by atoms with van der Waals surface area (Å²) in [6.45, 7) is 0. The van der Waals surface area contributed by atoms with Gasteiger partial charge < -0.3 is 10.5 Å². The van der Waals surface area contributed by atoms with E-state index in [9.17, 15) is 9.59 Å². The average Bonchev–Trinajstić information content (AvgIpc) is 2.06. The van der Waals surface area contributed by atoms with Gasteiger partial charge in [0.1, 0.15) is 6.10 Å². The lowest BCUT2D eigenvalue weighted by molar-refractivity contribution is 0.0925. The van der Waals surface area contributed by atoms with Crippen molar-refractivity contribution < 1.29 is 4.74 Å². The number of aromatic nitrogens is 3. The zero-order chi connectivity index (χ0) is 10.1. The standard InChI is InChI=1S/C7H10N4O3/c8-3-1-4(2-3)14-6-5(12)9-7(13)11-10-6/h3-4H,1-2,8H2,(H2,9,11,12,13). The Bertz CT molecular complexity index is 431. The smallest absolute Gasteiger partial charge is 0.342 e. The van der Waals surface area contributed by atoms with Crippen LogP contribution in [-0.2, 0) is 0 Å². The lowest BCUT2D eigenvalue weighted by atomic mass is 9.90. The zero-order valence-corrected chi connectivity index (χ0v) is 7.32. The van der Waals surface area contributed by atoms with Crippen LogP contribution >= 0.6 is 0 Å². The summed E-state index contributed by atoms with van der Waals surface area (Å²) in [5, 5.41) is 5.57. The highest BCUT2D eigenvalue weighted by atomic mass is 16.5. The number of nitrogens with two attached hydrogens (primary N) is 1. The van der Waals surface area contributed by atoms with Gasteiger partial charge in [-0.25, -0.2) is 9.89 Å². The predicted molar refractivity (Wildman–Crippen MR) is 47.1 cm³/mol. The van der Waals surface area contributed by atoms with Gasteiger partial charge in [-0.15, -0.1) is 5.10 Å². The molecule has 0 radical (unpaired) electrons. The molecule has 7 heteroatoms. The first kappa shape index (κ1) is 8.95. The van der Waals surface area contributed by atoms with Crippen LogP contribution in [0.2, 0.25) is 0 Å². The Labute approximate surface area is 78.3 Å². The lowest BCUT2D eigenvalue weighted by Crippen LogP contribution is -2.44. The molecule has 0 aliphatic heterocycles. The van der Waals surface area contributed by atoms with Crippen LogP contribution in [0.5, 0.6) is 5.88 Å². The third-order valence-corrected chi connectivity index (χ3v) is 2.09. The number of aromatic amines is 2. The van der Waals surface area contributed by atoms with Crippen molar-refractivity contribution >= 4 is 0 Å². The van der Waals surface area contributed by atoms with E-state index in [-0.39, 0.29) is 18.0 Å². The summed E-state index contributed by atoms with van der Waals surface area (Å²) in [5.74, 6) is -0.110. The van der Waals surface area contributed by atoms with Crippen molar-refractivity contribution in [3.63, 3.8) is 0 Å². The molecule has 1 heterocycles. The molecule has 0 bridgehead atoms. The predicted octanol–water partition coefficient (Wildman–Crippen LogP) is -1.67. The Kier molecular flexibility index (Phi) is 2.08. The van der Waals surface area contributed by atoms with Crippen molar-refractivity contribution in [1.29, 1.82) is 0 Å². The van der Waals surface area contributed by atoms with Crippen LogP contribution in [0.25, 0.3) is 0 Å². The molecule has 1 aliphatic rings. The normalized spacial score (nSPS) is 25.5. The molecule has 2 rings (SSSR count). The summed E-state index contributed by atoms with van der Waals surface area (Å²) in [4.78, 5) is 23.7. The van der Waals surface area contributed by atoms with Crippen molar-refractivity contribution in [3.8, 4) is 5.88 Å². The van der Waals surface area contributed by atoms with E-state index in [1.807, 2.05) is 4.98 Å². The van der Waals surface area contributed by atoms with Crippen LogP contribution in [0.4, 0.5) is 0 Å². The van der Waals surface area contributed by atoms with Crippen molar-refractivity contribution in [3.05, 3.63) is 20.8 Å². The molecule has 0 saturated heterocycles. The van der Waals surface area contributed by atoms with E-state index in [2.05, 4.69) is 10.2 Å². The largest absolute Gasteiger partial charge is 0.469 e. The van der Waals surface area contributed by atoms with Crippen LogP contribution in [0.15, 0.2) is 9.59 Å². The minimum absolute atomic E-state index is 0.0653. The summed E-state index contributed by atoms with van der Waals surface area (Å²) < 4.78 is 5.20. The maximum absolute atomic E-state index is 11.1. The lowest BCUT2D eigenvalue weighted by Gasteiger charge is -2.31. The fourth-order valence-electron chi connectivity index (χ4n) is 1.28. The van der Waals surface area contributed by atoms with E-state index < -0.39 is 11.2 Å². The molecule has 14 heavy (non-hydrogen) atoms. The van der Waals surface area contributed by atoms with Gasteiger partial charge in [0, 0.05) is 6.04 Å². The number of ether oxygens (including phenoxy) is 1. The number of H-pyrrole nitrogens is 2. The first-order chi connectivity index (χ1) is 6.65. The second-order valence-corrected chi connectivity index (χ2v) is 3.28. The molecule has 0 spiro atoms. The van der Waals surface area contributed by atoms with Gasteiger partial charge in [0.25, 0.3) is 5.88 Å². The molecule has 1 aliphatic carbocycles. The number of nitrogens with one attached hydrogen (secondary N) is 2. The fraction of sp³-hybridized carbons (Fsp3) is 0.571. The van der Waals surface area contributed by atoms with Gasteiger partial charge in [0.05, 0.1) is 0 Å². The first-order valence-electron chi connectivity index (χ1n) is 4.26. The minimum Gasteiger partial charge on any atom is -0.469 e. The van der Waals surface area contributed by atoms with Crippen molar-refractivity contribution in [2.75, 3.05) is 0 Å². The Morgan fingerprint density at radius 3 is 2.71 bits per heavy atom. The van der Waals surface area contributed by atoms with Crippen LogP contribution < -0.4 is 21.7 Å². The van der Waals surface area contributed by atoms with Gasteiger partial charge in [0.15, 0.2) is 0 Å². The Hall–Kier alpha value is -1.63. The molecule has 0 aromatic carbocycles. The highest BCUT2D eigenvalue weighted by Crippen LogP contribution is 2.21. The highest BCUT2D eigenvalue weighted by molar-refractivity contribution is 5.02. The van der Waals surface area contributed by atoms with Gasteiger partial charge in [-0.05, 0) is 12.8 Å². The molecule has 1 saturated carbocycles. The van der Waals surface area contributed by atoms with Crippen molar-refractivity contribution in [2.24, 2.45) is 5.73 Å². The van der Waals surface area contributed by atoms with Gasteiger partial charge in [-0.2, -0.15) is 0 Å². The van der Waals surface area contributed by atoms with Gasteiger partial charge in [-0.3, -0.25) is 9.78 Å². The van der Waals surface area contributed by atoms with E-state index in [1.54, 1.807) is 0 Å².